The molecular formula is C4H4O3. The third-order valence-electron chi connectivity index (χ3n) is 0. The van der Waals surface area contributed by atoms with Crippen molar-refractivity contribution in [2.24, 2.45) is 0 Å². The Morgan fingerprint density at radius 2 is 1.43 bits per heavy atom. The summed E-state index contributed by atoms with van der Waals surface area (Å²) < 4.78 is 0. The normalized spacial score (nSPS) is 2.29. The summed E-state index contributed by atoms with van der Waals surface area (Å²) in [6.45, 7) is 8.08. The fraction of sp³-hybridized carbons (Fsp3) is 0. The van der Waals surface area contributed by atoms with Gasteiger partial charge in [0.2, 0.25) is 0 Å². The van der Waals surface area contributed by atoms with Crippen molar-refractivity contribution in [3.8, 4) is 0 Å². The molecule has 0 aromatic rings. The monoisotopic (exact) mass is 100 g/mol. The molecule has 0 amide bonds. The highest BCUT2D eigenvalue weighted by molar-refractivity contribution is 5.38. The quantitative estimate of drug-likeness (QED) is 0.361. The molecule has 0 unspecified atom stereocenters. The predicted octanol–water partition coefficient (Wildman–Crippen LogP) is -1.14. The van der Waals surface area contributed by atoms with Gasteiger partial charge in [-0.05, 0) is 6.58 Å². The van der Waals surface area contributed by atoms with Crippen molar-refractivity contribution in [2.75, 3.05) is 0 Å². The molecule has 2 radical (unpaired) electrons. The first-order valence-electron chi connectivity index (χ1n) is 1.01. The van der Waals surface area contributed by atoms with Crippen LogP contribution in [0, 0.1) is 6.58 Å². The summed E-state index contributed by atoms with van der Waals surface area (Å²) in [7, 11) is 0. The maximum atomic E-state index is 8.57. The summed E-state index contributed by atoms with van der Waals surface area (Å²) in [6, 6.07) is 0. The largest absolute Gasteiger partial charge is 0.412 e. The van der Waals surface area contributed by atoms with E-state index in [0.29, 0.717) is 0 Å². The van der Waals surface area contributed by atoms with E-state index in [9.17, 15) is 0 Å². The Labute approximate surface area is 41.3 Å². The molecule has 0 heterocycles. The second-order valence-electron chi connectivity index (χ2n) is 0.246. The molecule has 0 aromatic heterocycles. The fourth-order valence-electron chi connectivity index (χ4n) is 0. The van der Waals surface area contributed by atoms with E-state index >= 15 is 0 Å². The molecule has 0 spiro atoms. The van der Waals surface area contributed by atoms with Crippen LogP contribution in [0.1, 0.15) is 0 Å². The van der Waals surface area contributed by atoms with Gasteiger partial charge in [0.25, 0.3) is 0 Å². The van der Waals surface area contributed by atoms with Crippen molar-refractivity contribution >= 4 is 11.9 Å². The number of rotatable bonds is 0. The lowest BCUT2D eigenvalue weighted by molar-refractivity contribution is 0.568. The minimum atomic E-state index is 0. The van der Waals surface area contributed by atoms with Crippen LogP contribution in [-0.4, -0.2) is 17.4 Å². The van der Waals surface area contributed by atoms with Gasteiger partial charge in [0.1, 0.15) is 11.9 Å². The van der Waals surface area contributed by atoms with Crippen molar-refractivity contribution in [1.82, 2.24) is 0 Å². The molecule has 0 rings (SSSR count). The van der Waals surface area contributed by atoms with Crippen LogP contribution in [0.2, 0.25) is 0 Å². The van der Waals surface area contributed by atoms with Gasteiger partial charge in [-0.1, -0.05) is 0 Å². The Balaban J connectivity index is -0.0000000400. The first-order valence-corrected chi connectivity index (χ1v) is 1.01. The van der Waals surface area contributed by atoms with Crippen molar-refractivity contribution in [1.29, 1.82) is 0 Å². The van der Waals surface area contributed by atoms with Crippen molar-refractivity contribution in [3.63, 3.8) is 0 Å². The zero-order chi connectivity index (χ0) is 5.41. The molecular weight excluding hydrogens is 96.0 g/mol. The summed E-state index contributed by atoms with van der Waals surface area (Å²) in [4.78, 5) is 16.9. The molecule has 0 aromatic carbocycles. The minimum Gasteiger partial charge on any atom is -0.412 e. The zero-order valence-corrected chi connectivity index (χ0v) is 3.52. The summed E-state index contributed by atoms with van der Waals surface area (Å²) in [6.07, 6.45) is 0. The SMILES string of the molecule is C=C=O.O.[C]=C=O. The van der Waals surface area contributed by atoms with E-state index in [-0.39, 0.29) is 5.48 Å². The molecule has 0 aliphatic carbocycles. The van der Waals surface area contributed by atoms with Gasteiger partial charge in [-0.25, -0.2) is 9.59 Å². The van der Waals surface area contributed by atoms with Gasteiger partial charge < -0.3 is 5.48 Å². The van der Waals surface area contributed by atoms with Crippen LogP contribution in [0.3, 0.4) is 0 Å². The van der Waals surface area contributed by atoms with E-state index in [1.165, 1.54) is 5.94 Å². The highest BCUT2D eigenvalue weighted by Gasteiger charge is 1.05. The molecule has 0 aliphatic rings. The second-order valence-corrected chi connectivity index (χ2v) is 0.246. The Bertz CT molecular complexity index is 60.9. The fourth-order valence-corrected chi connectivity index (χ4v) is 0. The highest BCUT2D eigenvalue weighted by Crippen LogP contribution is 0.894. The summed E-state index contributed by atoms with van der Waals surface area (Å²) >= 11 is 0. The van der Waals surface area contributed by atoms with Crippen molar-refractivity contribution in [3.05, 3.63) is 13.2 Å². The van der Waals surface area contributed by atoms with Gasteiger partial charge in [-0.15, -0.1) is 0 Å². The molecule has 0 saturated heterocycles. The lowest BCUT2D eigenvalue weighted by Crippen LogP contribution is -1.16. The summed E-state index contributed by atoms with van der Waals surface area (Å²) in [5, 5.41) is 0. The van der Waals surface area contributed by atoms with Crippen LogP contribution in [0.5, 0.6) is 0 Å². The van der Waals surface area contributed by atoms with E-state index in [1.807, 2.05) is 0 Å². The standard InChI is InChI=1S/C2H2O.C2O.H2O/c2*1-2-3;/h1H2;;1H2. The van der Waals surface area contributed by atoms with Gasteiger partial charge in [-0.3, -0.25) is 0 Å². The van der Waals surface area contributed by atoms with Crippen LogP contribution in [0.25, 0.3) is 0 Å². The van der Waals surface area contributed by atoms with E-state index in [1.54, 1.807) is 0 Å². The van der Waals surface area contributed by atoms with Crippen molar-refractivity contribution in [2.45, 2.75) is 0 Å². The molecule has 3 nitrogen and oxygen atoms in total. The van der Waals surface area contributed by atoms with Crippen LogP contribution in [0.4, 0.5) is 0 Å². The van der Waals surface area contributed by atoms with Crippen LogP contribution >= 0.6 is 0 Å². The molecule has 2 N–H and O–H groups in total. The second kappa shape index (κ2) is 97.9. The van der Waals surface area contributed by atoms with E-state index < -0.39 is 0 Å². The lowest BCUT2D eigenvalue weighted by Gasteiger charge is -1.02. The third-order valence-corrected chi connectivity index (χ3v) is 0. The van der Waals surface area contributed by atoms with Gasteiger partial charge >= 0.3 is 0 Å². The summed E-state index contributed by atoms with van der Waals surface area (Å²) in [5.74, 6) is 2.00. The molecule has 0 fully saturated rings. The number of hydrogen-bond acceptors (Lipinski definition) is 2. The van der Waals surface area contributed by atoms with E-state index in [4.69, 9.17) is 16.2 Å². The zero-order valence-electron chi connectivity index (χ0n) is 3.52. The van der Waals surface area contributed by atoms with Gasteiger partial charge in [0.15, 0.2) is 0 Å². The van der Waals surface area contributed by atoms with Crippen molar-refractivity contribution < 1.29 is 15.1 Å². The molecule has 0 atom stereocenters. The summed E-state index contributed by atoms with van der Waals surface area (Å²) in [5.41, 5.74) is 0. The van der Waals surface area contributed by atoms with Crippen LogP contribution in [0.15, 0.2) is 6.58 Å². The van der Waals surface area contributed by atoms with E-state index in [2.05, 4.69) is 6.58 Å². The van der Waals surface area contributed by atoms with Crippen LogP contribution < -0.4 is 0 Å². The average molecular weight is 100 g/mol. The maximum absolute atomic E-state index is 8.57. The van der Waals surface area contributed by atoms with E-state index in [0.717, 1.165) is 5.94 Å². The van der Waals surface area contributed by atoms with Gasteiger partial charge in [0, 0.05) is 0 Å². The molecule has 38 valence electrons. The topological polar surface area (TPSA) is 65.6 Å². The smallest absolute Gasteiger partial charge is 0.135 e. The Morgan fingerprint density at radius 1 is 1.43 bits per heavy atom. The lowest BCUT2D eigenvalue weighted by atomic mass is 11.2. The Hall–Kier alpha value is -1.14. The average Bonchev–Trinajstić information content (AvgIpc) is 1.39. The molecule has 0 aliphatic heterocycles. The van der Waals surface area contributed by atoms with Crippen LogP contribution in [-0.2, 0) is 9.59 Å². The first-order chi connectivity index (χ1) is 2.83. The Kier molecular flexibility index (Phi) is 237. The predicted molar refractivity (Wildman–Crippen MR) is 23.9 cm³/mol. The van der Waals surface area contributed by atoms with Gasteiger partial charge in [0.05, 0.1) is 6.58 Å². The minimum absolute atomic E-state index is 0. The molecule has 0 bridgehead atoms. The maximum Gasteiger partial charge on any atom is 0.135 e. The molecule has 3 heteroatoms. The van der Waals surface area contributed by atoms with Gasteiger partial charge in [-0.2, -0.15) is 0 Å². The number of carbonyl (C=O) groups excluding carboxylic acids is 2. The highest BCUT2D eigenvalue weighted by atomic mass is 16.1. The third kappa shape index (κ3) is 30.6. The first kappa shape index (κ1) is 16.9. The molecule has 7 heavy (non-hydrogen) atoms. The number of hydrogen-bond donors (Lipinski definition) is 0. The Morgan fingerprint density at radius 3 is 1.43 bits per heavy atom. The molecule has 0 saturated carbocycles.